The molecule has 0 saturated heterocycles. The van der Waals surface area contributed by atoms with E-state index in [0.717, 1.165) is 17.1 Å². The zero-order chi connectivity index (χ0) is 13.1. The number of ether oxygens (including phenoxy) is 2. The van der Waals surface area contributed by atoms with E-state index in [1.165, 1.54) is 12.2 Å². The number of nitrogens with zero attached hydrogens (tertiary/aromatic N) is 1. The smallest absolute Gasteiger partial charge is 0.252 e. The van der Waals surface area contributed by atoms with Crippen LogP contribution >= 0.6 is 0 Å². The minimum Gasteiger partial charge on any atom is -0.497 e. The molecule has 1 aromatic rings. The number of amides is 1. The summed E-state index contributed by atoms with van der Waals surface area (Å²) in [5.74, 6) is 1.30. The molecule has 98 valence electrons. The van der Waals surface area contributed by atoms with Crippen molar-refractivity contribution in [2.75, 3.05) is 27.9 Å². The molecule has 5 nitrogen and oxygen atoms in total. The maximum Gasteiger partial charge on any atom is 0.252 e. The van der Waals surface area contributed by atoms with Gasteiger partial charge in [-0.25, -0.2) is 5.06 Å². The van der Waals surface area contributed by atoms with E-state index >= 15 is 0 Å². The van der Waals surface area contributed by atoms with Crippen molar-refractivity contribution >= 4 is 5.91 Å². The molecule has 0 saturated carbocycles. The van der Waals surface area contributed by atoms with Crippen molar-refractivity contribution in [2.45, 2.75) is 6.42 Å². The summed E-state index contributed by atoms with van der Waals surface area (Å²) in [7, 11) is 4.69. The van der Waals surface area contributed by atoms with Gasteiger partial charge in [0.05, 0.1) is 20.1 Å². The van der Waals surface area contributed by atoms with E-state index in [0.29, 0.717) is 13.0 Å². The highest BCUT2D eigenvalue weighted by Gasteiger charge is 2.28. The van der Waals surface area contributed by atoms with Crippen molar-refractivity contribution in [1.29, 1.82) is 0 Å². The fourth-order valence-electron chi connectivity index (χ4n) is 2.00. The summed E-state index contributed by atoms with van der Waals surface area (Å²) in [6.45, 7) is 0.381. The normalized spacial score (nSPS) is 17.6. The zero-order valence-corrected chi connectivity index (χ0v) is 10.8. The van der Waals surface area contributed by atoms with Gasteiger partial charge in [-0.3, -0.25) is 9.63 Å². The molecule has 0 fully saturated rings. The number of carbonyl (C=O) groups is 1. The van der Waals surface area contributed by atoms with E-state index in [-0.39, 0.29) is 11.8 Å². The van der Waals surface area contributed by atoms with Crippen LogP contribution in [0.5, 0.6) is 11.5 Å². The molecule has 0 unspecified atom stereocenters. The van der Waals surface area contributed by atoms with Gasteiger partial charge in [-0.1, -0.05) is 0 Å². The van der Waals surface area contributed by atoms with Crippen LogP contribution in [0.3, 0.4) is 0 Å². The summed E-state index contributed by atoms with van der Waals surface area (Å²) in [5.41, 5.74) is 0.989. The summed E-state index contributed by atoms with van der Waals surface area (Å²) in [6.07, 6.45) is 0.638. The number of benzene rings is 1. The first kappa shape index (κ1) is 12.7. The number of fused-ring (bicyclic) bond motifs is 1. The summed E-state index contributed by atoms with van der Waals surface area (Å²) in [4.78, 5) is 16.9. The van der Waals surface area contributed by atoms with Crippen molar-refractivity contribution in [3.05, 3.63) is 23.8 Å². The van der Waals surface area contributed by atoms with Gasteiger partial charge in [-0.05, 0) is 30.2 Å². The van der Waals surface area contributed by atoms with Crippen LogP contribution in [0.2, 0.25) is 0 Å². The standard InChI is InChI=1S/C13H17NO4/c1-14(17-3)13(15)10-6-9-7-11(16-2)4-5-12(9)18-8-10/h4-5,7,10H,6,8H2,1-3H3/t10-/m1/s1. The molecule has 0 radical (unpaired) electrons. The van der Waals surface area contributed by atoms with Gasteiger partial charge in [0.15, 0.2) is 0 Å². The Morgan fingerprint density at radius 3 is 2.89 bits per heavy atom. The summed E-state index contributed by atoms with van der Waals surface area (Å²) >= 11 is 0. The maximum atomic E-state index is 12.0. The van der Waals surface area contributed by atoms with Crippen LogP contribution < -0.4 is 9.47 Å². The van der Waals surface area contributed by atoms with Gasteiger partial charge < -0.3 is 9.47 Å². The third kappa shape index (κ3) is 2.41. The molecular formula is C13H17NO4. The Morgan fingerprint density at radius 2 is 2.22 bits per heavy atom. The van der Waals surface area contributed by atoms with Crippen LogP contribution in [0.15, 0.2) is 18.2 Å². The molecule has 2 rings (SSSR count). The Hall–Kier alpha value is -1.75. The van der Waals surface area contributed by atoms with Crippen molar-refractivity contribution in [1.82, 2.24) is 5.06 Å². The molecule has 5 heteroatoms. The molecule has 18 heavy (non-hydrogen) atoms. The lowest BCUT2D eigenvalue weighted by atomic mass is 9.96. The van der Waals surface area contributed by atoms with E-state index in [1.807, 2.05) is 18.2 Å². The van der Waals surface area contributed by atoms with Gasteiger partial charge in [-0.15, -0.1) is 0 Å². The molecule has 1 aliphatic rings. The highest BCUT2D eigenvalue weighted by molar-refractivity contribution is 5.78. The van der Waals surface area contributed by atoms with Crippen LogP contribution in [0.1, 0.15) is 5.56 Å². The molecule has 1 amide bonds. The van der Waals surface area contributed by atoms with Crippen molar-refractivity contribution in [3.8, 4) is 11.5 Å². The van der Waals surface area contributed by atoms with Crippen LogP contribution in [-0.4, -0.2) is 38.8 Å². The predicted molar refractivity (Wildman–Crippen MR) is 65.5 cm³/mol. The fraction of sp³-hybridized carbons (Fsp3) is 0.462. The second kappa shape index (κ2) is 5.27. The molecule has 1 aliphatic heterocycles. The Labute approximate surface area is 106 Å². The van der Waals surface area contributed by atoms with E-state index in [9.17, 15) is 4.79 Å². The lowest BCUT2D eigenvalue weighted by molar-refractivity contribution is -0.174. The number of hydrogen-bond donors (Lipinski definition) is 0. The minimum absolute atomic E-state index is 0.0778. The van der Waals surface area contributed by atoms with Gasteiger partial charge in [0.2, 0.25) is 0 Å². The van der Waals surface area contributed by atoms with E-state index < -0.39 is 0 Å². The molecule has 1 heterocycles. The largest absolute Gasteiger partial charge is 0.497 e. The van der Waals surface area contributed by atoms with Crippen molar-refractivity contribution < 1.29 is 19.1 Å². The molecule has 0 spiro atoms. The van der Waals surface area contributed by atoms with Crippen LogP contribution in [0.4, 0.5) is 0 Å². The molecule has 0 aromatic heterocycles. The average Bonchev–Trinajstić information content (AvgIpc) is 2.44. The van der Waals surface area contributed by atoms with Crippen molar-refractivity contribution in [2.24, 2.45) is 5.92 Å². The van der Waals surface area contributed by atoms with Crippen LogP contribution in [-0.2, 0) is 16.1 Å². The maximum absolute atomic E-state index is 12.0. The highest BCUT2D eigenvalue weighted by atomic mass is 16.7. The van der Waals surface area contributed by atoms with E-state index in [4.69, 9.17) is 14.3 Å². The Balaban J connectivity index is 2.15. The number of rotatable bonds is 3. The lowest BCUT2D eigenvalue weighted by Gasteiger charge is -2.27. The molecule has 1 atom stereocenters. The summed E-state index contributed by atoms with van der Waals surface area (Å²) in [5, 5.41) is 1.24. The number of hydroxylamine groups is 2. The highest BCUT2D eigenvalue weighted by Crippen LogP contribution is 2.31. The Morgan fingerprint density at radius 1 is 1.44 bits per heavy atom. The third-order valence-electron chi connectivity index (χ3n) is 3.11. The topological polar surface area (TPSA) is 48.0 Å². The first-order chi connectivity index (χ1) is 8.65. The quantitative estimate of drug-likeness (QED) is 0.759. The monoisotopic (exact) mass is 251 g/mol. The van der Waals surface area contributed by atoms with Gasteiger partial charge in [0, 0.05) is 7.05 Å². The Kier molecular flexibility index (Phi) is 3.72. The molecule has 1 aromatic carbocycles. The molecule has 0 aliphatic carbocycles. The van der Waals surface area contributed by atoms with E-state index in [1.54, 1.807) is 14.2 Å². The second-order valence-electron chi connectivity index (χ2n) is 4.20. The number of methoxy groups -OCH3 is 1. The summed E-state index contributed by atoms with van der Waals surface area (Å²) in [6, 6.07) is 5.62. The zero-order valence-electron chi connectivity index (χ0n) is 10.8. The number of carbonyl (C=O) groups excluding carboxylic acids is 1. The van der Waals surface area contributed by atoms with Gasteiger partial charge in [0.25, 0.3) is 5.91 Å². The SMILES string of the molecule is COc1ccc2c(c1)C[C@@H](C(=O)N(C)OC)CO2. The van der Waals surface area contributed by atoms with Crippen LogP contribution in [0.25, 0.3) is 0 Å². The number of hydrogen-bond acceptors (Lipinski definition) is 4. The van der Waals surface area contributed by atoms with Crippen LogP contribution in [0, 0.1) is 5.92 Å². The lowest BCUT2D eigenvalue weighted by Crippen LogP contribution is -2.38. The van der Waals surface area contributed by atoms with Crippen molar-refractivity contribution in [3.63, 3.8) is 0 Å². The molecule has 0 bridgehead atoms. The van der Waals surface area contributed by atoms with Gasteiger partial charge in [-0.2, -0.15) is 0 Å². The Bertz CT molecular complexity index is 447. The first-order valence-electron chi connectivity index (χ1n) is 5.77. The fourth-order valence-corrected chi connectivity index (χ4v) is 2.00. The summed E-state index contributed by atoms with van der Waals surface area (Å²) < 4.78 is 10.8. The molecular weight excluding hydrogens is 234 g/mol. The average molecular weight is 251 g/mol. The third-order valence-corrected chi connectivity index (χ3v) is 3.11. The second-order valence-corrected chi connectivity index (χ2v) is 4.20. The van der Waals surface area contributed by atoms with Gasteiger partial charge in [0.1, 0.15) is 18.1 Å². The predicted octanol–water partition coefficient (Wildman–Crippen LogP) is 1.27. The van der Waals surface area contributed by atoms with E-state index in [2.05, 4.69) is 0 Å². The first-order valence-corrected chi connectivity index (χ1v) is 5.77. The minimum atomic E-state index is -0.213. The van der Waals surface area contributed by atoms with Gasteiger partial charge >= 0.3 is 0 Å². The molecule has 0 N–H and O–H groups in total.